The molecule has 1 amide bonds. The van der Waals surface area contributed by atoms with Crippen molar-refractivity contribution < 1.29 is 4.79 Å². The Bertz CT molecular complexity index is 916. The third kappa shape index (κ3) is 2.59. The highest BCUT2D eigenvalue weighted by molar-refractivity contribution is 7.18. The molecule has 5 nitrogen and oxygen atoms in total. The van der Waals surface area contributed by atoms with Crippen molar-refractivity contribution in [1.82, 2.24) is 9.66 Å². The minimum atomic E-state index is -0.215. The molecular weight excluding hydrogens is 322 g/mol. The van der Waals surface area contributed by atoms with E-state index in [4.69, 9.17) is 0 Å². The van der Waals surface area contributed by atoms with E-state index in [-0.39, 0.29) is 28.7 Å². The topological polar surface area (TPSA) is 64.0 Å². The second-order valence-electron chi connectivity index (χ2n) is 7.43. The number of carbonyl (C=O) groups excluding carboxylic acids is 1. The fourth-order valence-electron chi connectivity index (χ4n) is 3.35. The Kier molecular flexibility index (Phi) is 3.91. The zero-order valence-corrected chi connectivity index (χ0v) is 15.7. The fraction of sp³-hybridized carbons (Fsp3) is 0.500. The summed E-state index contributed by atoms with van der Waals surface area (Å²) in [6, 6.07) is 0. The number of nitrogens with zero attached hydrogens (tertiary/aromatic N) is 2. The first-order valence-electron chi connectivity index (χ1n) is 8.08. The fourth-order valence-corrected chi connectivity index (χ4v) is 4.34. The van der Waals surface area contributed by atoms with Crippen LogP contribution >= 0.6 is 11.3 Å². The minimum absolute atomic E-state index is 0.0859. The van der Waals surface area contributed by atoms with Gasteiger partial charge in [0, 0.05) is 4.88 Å². The van der Waals surface area contributed by atoms with Crippen LogP contribution in [0.25, 0.3) is 10.2 Å². The number of fused-ring (bicyclic) bond motifs is 1. The molecule has 2 aromatic heterocycles. The lowest BCUT2D eigenvalue weighted by Crippen LogP contribution is -2.34. The molecule has 2 aromatic rings. The highest BCUT2D eigenvalue weighted by Crippen LogP contribution is 2.59. The molecule has 1 N–H and O–H groups in total. The Balaban J connectivity index is 1.90. The Morgan fingerprint density at radius 1 is 1.38 bits per heavy atom. The number of carbonyl (C=O) groups is 1. The molecule has 1 fully saturated rings. The van der Waals surface area contributed by atoms with Crippen LogP contribution in [0.15, 0.2) is 22.8 Å². The Labute approximate surface area is 145 Å². The summed E-state index contributed by atoms with van der Waals surface area (Å²) in [6.45, 7) is 12.1. The van der Waals surface area contributed by atoms with Crippen molar-refractivity contribution in [2.24, 2.45) is 17.3 Å². The average Bonchev–Trinajstić information content (AvgIpc) is 2.86. The van der Waals surface area contributed by atoms with Crippen LogP contribution in [0.2, 0.25) is 0 Å². The van der Waals surface area contributed by atoms with Crippen LogP contribution in [0.1, 0.15) is 38.1 Å². The molecule has 1 saturated carbocycles. The number of hydrogen-bond donors (Lipinski definition) is 1. The number of amides is 1. The summed E-state index contributed by atoms with van der Waals surface area (Å²) in [7, 11) is 0. The van der Waals surface area contributed by atoms with E-state index >= 15 is 0 Å². The molecule has 0 unspecified atom stereocenters. The van der Waals surface area contributed by atoms with Crippen molar-refractivity contribution in [2.75, 3.05) is 5.43 Å². The van der Waals surface area contributed by atoms with Crippen molar-refractivity contribution in [3.05, 3.63) is 38.8 Å². The van der Waals surface area contributed by atoms with Gasteiger partial charge in [0.05, 0.1) is 11.3 Å². The molecule has 0 aromatic carbocycles. The SMILES string of the molecule is CC(C)=C[C@@H]1[C@@H](C(=O)Nn2cnc3sc(C)c(C)c3c2=O)C1(C)C. The summed E-state index contributed by atoms with van der Waals surface area (Å²) in [6.07, 6.45) is 3.55. The number of aryl methyl sites for hydroxylation is 2. The number of allylic oxidation sites excluding steroid dienone is 2. The standard InChI is InChI=1S/C18H23N3O2S/c1-9(2)7-12-14(18(12,5)6)15(22)20-21-8-19-16-13(17(21)23)10(3)11(4)24-16/h7-8,12,14H,1-6H3,(H,20,22)/t12-,14+/m1/s1. The van der Waals surface area contributed by atoms with Crippen LogP contribution in [0, 0.1) is 31.1 Å². The molecule has 0 spiro atoms. The van der Waals surface area contributed by atoms with Gasteiger partial charge in [-0.05, 0) is 44.6 Å². The van der Waals surface area contributed by atoms with Crippen LogP contribution in [-0.2, 0) is 4.79 Å². The van der Waals surface area contributed by atoms with Gasteiger partial charge in [0.25, 0.3) is 5.56 Å². The second kappa shape index (κ2) is 5.55. The molecule has 2 atom stereocenters. The predicted octanol–water partition coefficient (Wildman–Crippen LogP) is 3.38. The summed E-state index contributed by atoms with van der Waals surface area (Å²) in [5.41, 5.74) is 4.57. The van der Waals surface area contributed by atoms with Gasteiger partial charge in [-0.2, -0.15) is 0 Å². The molecule has 0 saturated heterocycles. The van der Waals surface area contributed by atoms with E-state index in [1.807, 2.05) is 27.7 Å². The summed E-state index contributed by atoms with van der Waals surface area (Å²) >= 11 is 1.50. The molecule has 128 valence electrons. The molecular formula is C18H23N3O2S. The van der Waals surface area contributed by atoms with E-state index in [9.17, 15) is 9.59 Å². The molecule has 0 radical (unpaired) electrons. The van der Waals surface area contributed by atoms with Crippen LogP contribution < -0.4 is 11.0 Å². The summed E-state index contributed by atoms with van der Waals surface area (Å²) in [4.78, 5) is 31.4. The van der Waals surface area contributed by atoms with E-state index < -0.39 is 0 Å². The lowest BCUT2D eigenvalue weighted by atomic mass is 10.1. The van der Waals surface area contributed by atoms with Crippen LogP contribution in [0.4, 0.5) is 0 Å². The zero-order valence-electron chi connectivity index (χ0n) is 14.9. The third-order valence-electron chi connectivity index (χ3n) is 5.03. The number of hydrogen-bond acceptors (Lipinski definition) is 4. The summed E-state index contributed by atoms with van der Waals surface area (Å²) in [5.74, 6) is -0.0457. The van der Waals surface area contributed by atoms with Gasteiger partial charge in [-0.1, -0.05) is 25.5 Å². The van der Waals surface area contributed by atoms with Crippen molar-refractivity contribution >= 4 is 27.5 Å². The highest BCUT2D eigenvalue weighted by Gasteiger charge is 2.60. The molecule has 1 aliphatic rings. The molecule has 0 aliphatic heterocycles. The lowest BCUT2D eigenvalue weighted by molar-refractivity contribution is -0.119. The Hall–Kier alpha value is -1.95. The Morgan fingerprint density at radius 2 is 2.04 bits per heavy atom. The maximum Gasteiger partial charge on any atom is 0.281 e. The van der Waals surface area contributed by atoms with Gasteiger partial charge in [-0.15, -0.1) is 11.3 Å². The maximum atomic E-state index is 12.7. The first-order valence-corrected chi connectivity index (χ1v) is 8.89. The Morgan fingerprint density at radius 3 is 2.67 bits per heavy atom. The first-order chi connectivity index (χ1) is 11.1. The smallest absolute Gasteiger partial charge is 0.273 e. The van der Waals surface area contributed by atoms with Gasteiger partial charge in [-0.3, -0.25) is 15.0 Å². The number of thiophene rings is 1. The van der Waals surface area contributed by atoms with Crippen LogP contribution in [0.5, 0.6) is 0 Å². The minimum Gasteiger partial charge on any atom is -0.273 e. The van der Waals surface area contributed by atoms with Crippen molar-refractivity contribution in [3.63, 3.8) is 0 Å². The number of rotatable bonds is 3. The normalized spacial score (nSPS) is 21.6. The summed E-state index contributed by atoms with van der Waals surface area (Å²) in [5, 5.41) is 0.594. The first kappa shape index (κ1) is 16.9. The molecule has 6 heteroatoms. The molecule has 1 aliphatic carbocycles. The van der Waals surface area contributed by atoms with E-state index in [0.29, 0.717) is 5.39 Å². The van der Waals surface area contributed by atoms with Gasteiger partial charge in [-0.25, -0.2) is 9.66 Å². The van der Waals surface area contributed by atoms with Crippen LogP contribution in [0.3, 0.4) is 0 Å². The van der Waals surface area contributed by atoms with Crippen molar-refractivity contribution in [2.45, 2.75) is 41.5 Å². The molecule has 2 heterocycles. The van der Waals surface area contributed by atoms with E-state index in [0.717, 1.165) is 15.3 Å². The lowest BCUT2D eigenvalue weighted by Gasteiger charge is -2.08. The van der Waals surface area contributed by atoms with Gasteiger partial charge >= 0.3 is 0 Å². The van der Waals surface area contributed by atoms with Crippen LogP contribution in [-0.4, -0.2) is 15.6 Å². The largest absolute Gasteiger partial charge is 0.281 e. The monoisotopic (exact) mass is 345 g/mol. The van der Waals surface area contributed by atoms with Gasteiger partial charge in [0.15, 0.2) is 0 Å². The van der Waals surface area contributed by atoms with Gasteiger partial charge < -0.3 is 0 Å². The summed E-state index contributed by atoms with van der Waals surface area (Å²) < 4.78 is 1.22. The number of aromatic nitrogens is 2. The van der Waals surface area contributed by atoms with E-state index in [1.54, 1.807) is 0 Å². The quantitative estimate of drug-likeness (QED) is 0.867. The molecule has 24 heavy (non-hydrogen) atoms. The average molecular weight is 345 g/mol. The van der Waals surface area contributed by atoms with Gasteiger partial charge in [0.1, 0.15) is 11.2 Å². The highest BCUT2D eigenvalue weighted by atomic mass is 32.1. The van der Waals surface area contributed by atoms with Gasteiger partial charge in [0.2, 0.25) is 5.91 Å². The van der Waals surface area contributed by atoms with Crippen molar-refractivity contribution in [1.29, 1.82) is 0 Å². The molecule has 3 rings (SSSR count). The van der Waals surface area contributed by atoms with E-state index in [2.05, 4.69) is 30.3 Å². The second-order valence-corrected chi connectivity index (χ2v) is 8.63. The maximum absolute atomic E-state index is 12.7. The zero-order chi connectivity index (χ0) is 17.8. The predicted molar refractivity (Wildman–Crippen MR) is 97.9 cm³/mol. The van der Waals surface area contributed by atoms with Crippen molar-refractivity contribution in [3.8, 4) is 0 Å². The molecule has 0 bridgehead atoms. The van der Waals surface area contributed by atoms with E-state index in [1.165, 1.54) is 27.9 Å². The third-order valence-corrected chi connectivity index (χ3v) is 6.14. The number of nitrogens with one attached hydrogen (secondary N) is 1.